The summed E-state index contributed by atoms with van der Waals surface area (Å²) in [4.78, 5) is 0. The predicted octanol–water partition coefficient (Wildman–Crippen LogP) is 4.96. The molecule has 0 aliphatic carbocycles. The number of nitrogens with one attached hydrogen (secondary N) is 1. The number of hydrogen-bond acceptors (Lipinski definition) is 4. The number of aromatic nitrogens is 2. The molecule has 0 fully saturated rings. The second-order valence-electron chi connectivity index (χ2n) is 4.80. The number of rotatable bonds is 4. The first-order valence-corrected chi connectivity index (χ1v) is 7.46. The fourth-order valence-electron chi connectivity index (χ4n) is 2.03. The summed E-state index contributed by atoms with van der Waals surface area (Å²) >= 11 is 11.9. The van der Waals surface area contributed by atoms with Gasteiger partial charge in [-0.15, -0.1) is 10.2 Å². The van der Waals surface area contributed by atoms with Crippen LogP contribution in [0.15, 0.2) is 46.9 Å². The van der Waals surface area contributed by atoms with Crippen LogP contribution in [0.2, 0.25) is 10.0 Å². The first-order chi connectivity index (χ1) is 10.6. The van der Waals surface area contributed by atoms with E-state index in [1.54, 1.807) is 12.1 Å². The van der Waals surface area contributed by atoms with Gasteiger partial charge in [-0.05, 0) is 36.8 Å². The molecule has 1 N–H and O–H groups in total. The van der Waals surface area contributed by atoms with Gasteiger partial charge in [-0.1, -0.05) is 41.4 Å². The lowest BCUT2D eigenvalue weighted by atomic mass is 10.1. The summed E-state index contributed by atoms with van der Waals surface area (Å²) in [5.74, 6) is 1.02. The fourth-order valence-corrected chi connectivity index (χ4v) is 2.33. The lowest BCUT2D eigenvalue weighted by Gasteiger charge is -2.04. The van der Waals surface area contributed by atoms with Gasteiger partial charge in [0.1, 0.15) is 0 Å². The van der Waals surface area contributed by atoms with E-state index in [9.17, 15) is 0 Å². The zero-order chi connectivity index (χ0) is 15.5. The van der Waals surface area contributed by atoms with Crippen LogP contribution in [-0.2, 0) is 6.54 Å². The van der Waals surface area contributed by atoms with Crippen LogP contribution in [0.1, 0.15) is 11.5 Å². The molecule has 0 saturated heterocycles. The van der Waals surface area contributed by atoms with Gasteiger partial charge in [-0.3, -0.25) is 0 Å². The summed E-state index contributed by atoms with van der Waals surface area (Å²) < 4.78 is 5.68. The summed E-state index contributed by atoms with van der Waals surface area (Å²) in [5, 5.41) is 12.3. The number of anilines is 1. The average molecular weight is 334 g/mol. The maximum absolute atomic E-state index is 5.97. The Labute approximate surface area is 138 Å². The van der Waals surface area contributed by atoms with E-state index in [2.05, 4.69) is 15.5 Å². The summed E-state index contributed by atoms with van der Waals surface area (Å²) in [6.07, 6.45) is 0. The van der Waals surface area contributed by atoms with Crippen LogP contribution in [0.5, 0.6) is 0 Å². The van der Waals surface area contributed by atoms with Crippen molar-refractivity contribution in [1.29, 1.82) is 0 Å². The van der Waals surface area contributed by atoms with Gasteiger partial charge in [0.25, 0.3) is 0 Å². The quantitative estimate of drug-likeness (QED) is 0.732. The van der Waals surface area contributed by atoms with Gasteiger partial charge in [0, 0.05) is 11.3 Å². The molecule has 1 aromatic heterocycles. The smallest absolute Gasteiger partial charge is 0.248 e. The van der Waals surface area contributed by atoms with Gasteiger partial charge in [0.05, 0.1) is 16.6 Å². The highest BCUT2D eigenvalue weighted by Crippen LogP contribution is 2.26. The van der Waals surface area contributed by atoms with Crippen molar-refractivity contribution in [2.45, 2.75) is 13.5 Å². The average Bonchev–Trinajstić information content (AvgIpc) is 2.98. The van der Waals surface area contributed by atoms with Crippen LogP contribution in [0, 0.1) is 6.92 Å². The third-order valence-corrected chi connectivity index (χ3v) is 3.94. The lowest BCUT2D eigenvalue weighted by molar-refractivity contribution is 0.514. The van der Waals surface area contributed by atoms with Gasteiger partial charge in [0.2, 0.25) is 11.8 Å². The first kappa shape index (κ1) is 14.9. The topological polar surface area (TPSA) is 51.0 Å². The molecule has 0 aliphatic rings. The summed E-state index contributed by atoms with van der Waals surface area (Å²) in [6, 6.07) is 13.2. The molecule has 112 valence electrons. The van der Waals surface area contributed by atoms with Gasteiger partial charge in [0.15, 0.2) is 0 Å². The maximum atomic E-state index is 5.97. The molecule has 6 heteroatoms. The Morgan fingerprint density at radius 1 is 1.05 bits per heavy atom. The SMILES string of the molecule is Cc1ccccc1-c1nnc(CNc2ccc(Cl)c(Cl)c2)o1. The van der Waals surface area contributed by atoms with Crippen molar-refractivity contribution in [2.24, 2.45) is 0 Å². The Kier molecular flexibility index (Phi) is 4.32. The minimum atomic E-state index is 0.414. The van der Waals surface area contributed by atoms with Crippen LogP contribution in [0.3, 0.4) is 0 Å². The highest BCUT2D eigenvalue weighted by atomic mass is 35.5. The Hall–Kier alpha value is -2.04. The van der Waals surface area contributed by atoms with Crippen molar-refractivity contribution in [2.75, 3.05) is 5.32 Å². The molecule has 3 rings (SSSR count). The molecule has 4 nitrogen and oxygen atoms in total. The maximum Gasteiger partial charge on any atom is 0.248 e. The molecule has 3 aromatic rings. The standard InChI is InChI=1S/C16H13Cl2N3O/c1-10-4-2-3-5-12(10)16-21-20-15(22-16)9-19-11-6-7-13(17)14(18)8-11/h2-8,19H,9H2,1H3. The molecule has 0 aliphatic heterocycles. The summed E-state index contributed by atoms with van der Waals surface area (Å²) in [6.45, 7) is 2.42. The molecule has 0 unspecified atom stereocenters. The summed E-state index contributed by atoms with van der Waals surface area (Å²) in [7, 11) is 0. The van der Waals surface area contributed by atoms with Crippen LogP contribution < -0.4 is 5.32 Å². The third-order valence-electron chi connectivity index (χ3n) is 3.21. The Balaban J connectivity index is 1.72. The van der Waals surface area contributed by atoms with E-state index in [4.69, 9.17) is 27.6 Å². The highest BCUT2D eigenvalue weighted by Gasteiger charge is 2.10. The molecule has 0 radical (unpaired) electrons. The van der Waals surface area contributed by atoms with E-state index in [1.165, 1.54) is 0 Å². The van der Waals surface area contributed by atoms with E-state index >= 15 is 0 Å². The van der Waals surface area contributed by atoms with Gasteiger partial charge in [-0.25, -0.2) is 0 Å². The number of halogens is 2. The van der Waals surface area contributed by atoms with Crippen molar-refractivity contribution in [1.82, 2.24) is 10.2 Å². The van der Waals surface area contributed by atoms with Gasteiger partial charge >= 0.3 is 0 Å². The Bertz CT molecular complexity index is 802. The monoisotopic (exact) mass is 333 g/mol. The molecule has 2 aromatic carbocycles. The molecule has 1 heterocycles. The minimum Gasteiger partial charge on any atom is -0.419 e. The van der Waals surface area contributed by atoms with Crippen molar-refractivity contribution < 1.29 is 4.42 Å². The summed E-state index contributed by atoms with van der Waals surface area (Å²) in [5.41, 5.74) is 2.87. The van der Waals surface area contributed by atoms with Crippen LogP contribution in [0.25, 0.3) is 11.5 Å². The fraction of sp³-hybridized carbons (Fsp3) is 0.125. The van der Waals surface area contributed by atoms with E-state index in [0.29, 0.717) is 28.4 Å². The minimum absolute atomic E-state index is 0.414. The zero-order valence-electron chi connectivity index (χ0n) is 11.8. The Morgan fingerprint density at radius 3 is 2.64 bits per heavy atom. The van der Waals surface area contributed by atoms with E-state index < -0.39 is 0 Å². The van der Waals surface area contributed by atoms with Gasteiger partial charge < -0.3 is 9.73 Å². The van der Waals surface area contributed by atoms with Crippen LogP contribution >= 0.6 is 23.2 Å². The normalized spacial score (nSPS) is 10.7. The molecule has 0 spiro atoms. The van der Waals surface area contributed by atoms with Crippen molar-refractivity contribution >= 4 is 28.9 Å². The molecule has 0 atom stereocenters. The largest absolute Gasteiger partial charge is 0.419 e. The molecule has 22 heavy (non-hydrogen) atoms. The second kappa shape index (κ2) is 6.38. The Morgan fingerprint density at radius 2 is 1.86 bits per heavy atom. The van der Waals surface area contributed by atoms with Crippen molar-refractivity contribution in [3.63, 3.8) is 0 Å². The first-order valence-electron chi connectivity index (χ1n) is 6.71. The number of nitrogens with zero attached hydrogens (tertiary/aromatic N) is 2. The molecule has 0 saturated carbocycles. The van der Waals surface area contributed by atoms with Crippen LogP contribution in [-0.4, -0.2) is 10.2 Å². The molecule has 0 amide bonds. The van der Waals surface area contributed by atoms with E-state index in [-0.39, 0.29) is 0 Å². The van der Waals surface area contributed by atoms with Crippen molar-refractivity contribution in [3.05, 3.63) is 64.0 Å². The predicted molar refractivity (Wildman–Crippen MR) is 88.3 cm³/mol. The lowest BCUT2D eigenvalue weighted by Crippen LogP contribution is -1.99. The number of benzene rings is 2. The van der Waals surface area contributed by atoms with E-state index in [0.717, 1.165) is 16.8 Å². The van der Waals surface area contributed by atoms with E-state index in [1.807, 2.05) is 37.3 Å². The van der Waals surface area contributed by atoms with Gasteiger partial charge in [-0.2, -0.15) is 0 Å². The second-order valence-corrected chi connectivity index (χ2v) is 5.61. The third kappa shape index (κ3) is 3.24. The zero-order valence-corrected chi connectivity index (χ0v) is 13.3. The molecular weight excluding hydrogens is 321 g/mol. The van der Waals surface area contributed by atoms with Crippen molar-refractivity contribution in [3.8, 4) is 11.5 Å². The number of aryl methyl sites for hydroxylation is 1. The highest BCUT2D eigenvalue weighted by molar-refractivity contribution is 6.42. The number of hydrogen-bond donors (Lipinski definition) is 1. The van der Waals surface area contributed by atoms with Crippen LogP contribution in [0.4, 0.5) is 5.69 Å². The molecular formula is C16H13Cl2N3O. The molecule has 0 bridgehead atoms.